The van der Waals surface area contributed by atoms with Crippen LogP contribution < -0.4 is 0 Å². The highest BCUT2D eigenvalue weighted by molar-refractivity contribution is 7.91. The Kier molecular flexibility index (Phi) is 4.32. The van der Waals surface area contributed by atoms with Crippen LogP contribution in [0, 0.1) is 5.92 Å². The van der Waals surface area contributed by atoms with Crippen molar-refractivity contribution in [1.82, 2.24) is 4.90 Å². The first-order valence-electron chi connectivity index (χ1n) is 5.45. The van der Waals surface area contributed by atoms with Crippen LogP contribution in [0.4, 0.5) is 0 Å². The van der Waals surface area contributed by atoms with Crippen molar-refractivity contribution >= 4 is 15.7 Å². The molecule has 1 heterocycles. The fourth-order valence-corrected chi connectivity index (χ4v) is 3.52. The summed E-state index contributed by atoms with van der Waals surface area (Å²) in [7, 11) is -1.35. The molecule has 1 aliphatic heterocycles. The van der Waals surface area contributed by atoms with E-state index in [1.165, 1.54) is 4.90 Å². The largest absolute Gasteiger partial charge is 0.393 e. The number of sulfone groups is 1. The standard InChI is InChI=1S/C10H19NO4S/c1-8(12)3-5-11(2)10(13)9-4-6-16(14,15)7-9/h8-9,12H,3-7H2,1-2H3. The minimum absolute atomic E-state index is 0.0230. The topological polar surface area (TPSA) is 74.7 Å². The second kappa shape index (κ2) is 5.14. The molecule has 2 unspecified atom stereocenters. The van der Waals surface area contributed by atoms with Gasteiger partial charge in [-0.3, -0.25) is 4.79 Å². The quantitative estimate of drug-likeness (QED) is 0.739. The predicted octanol–water partition coefficient (Wildman–Crippen LogP) is -0.350. The SMILES string of the molecule is CC(O)CCN(C)C(=O)C1CCS(=O)(=O)C1. The molecule has 1 saturated heterocycles. The molecular weight excluding hydrogens is 230 g/mol. The number of rotatable bonds is 4. The van der Waals surface area contributed by atoms with Crippen LogP contribution in [-0.2, 0) is 14.6 Å². The van der Waals surface area contributed by atoms with E-state index < -0.39 is 15.9 Å². The van der Waals surface area contributed by atoms with Gasteiger partial charge in [0.25, 0.3) is 0 Å². The van der Waals surface area contributed by atoms with Crippen LogP contribution in [0.25, 0.3) is 0 Å². The molecule has 16 heavy (non-hydrogen) atoms. The van der Waals surface area contributed by atoms with E-state index in [9.17, 15) is 13.2 Å². The molecule has 0 aromatic heterocycles. The van der Waals surface area contributed by atoms with Crippen LogP contribution in [0.5, 0.6) is 0 Å². The van der Waals surface area contributed by atoms with Crippen molar-refractivity contribution in [2.75, 3.05) is 25.1 Å². The maximum atomic E-state index is 11.8. The minimum atomic E-state index is -3.00. The zero-order chi connectivity index (χ0) is 12.3. The van der Waals surface area contributed by atoms with Gasteiger partial charge in [0.05, 0.1) is 23.5 Å². The fraction of sp³-hybridized carbons (Fsp3) is 0.900. The Balaban J connectivity index is 2.46. The van der Waals surface area contributed by atoms with E-state index in [0.717, 1.165) is 0 Å². The van der Waals surface area contributed by atoms with E-state index in [0.29, 0.717) is 19.4 Å². The van der Waals surface area contributed by atoms with Crippen molar-refractivity contribution in [2.24, 2.45) is 5.92 Å². The smallest absolute Gasteiger partial charge is 0.226 e. The van der Waals surface area contributed by atoms with Gasteiger partial charge < -0.3 is 10.0 Å². The third-order valence-corrected chi connectivity index (χ3v) is 4.61. The lowest BCUT2D eigenvalue weighted by atomic mass is 10.1. The molecule has 1 fully saturated rings. The lowest BCUT2D eigenvalue weighted by molar-refractivity contribution is -0.133. The molecule has 1 aliphatic rings. The lowest BCUT2D eigenvalue weighted by Gasteiger charge is -2.20. The lowest BCUT2D eigenvalue weighted by Crippen LogP contribution is -2.35. The third kappa shape index (κ3) is 3.75. The second-order valence-corrected chi connectivity index (χ2v) is 6.73. The monoisotopic (exact) mass is 249 g/mol. The van der Waals surface area contributed by atoms with Crippen molar-refractivity contribution in [2.45, 2.75) is 25.9 Å². The molecule has 0 spiro atoms. The number of carbonyl (C=O) groups excluding carboxylic acids is 1. The number of hydrogen-bond acceptors (Lipinski definition) is 4. The summed E-state index contributed by atoms with van der Waals surface area (Å²) in [4.78, 5) is 13.3. The van der Waals surface area contributed by atoms with E-state index in [4.69, 9.17) is 5.11 Å². The van der Waals surface area contributed by atoms with Gasteiger partial charge in [0.2, 0.25) is 5.91 Å². The van der Waals surface area contributed by atoms with Crippen molar-refractivity contribution < 1.29 is 18.3 Å². The number of amides is 1. The zero-order valence-electron chi connectivity index (χ0n) is 9.72. The van der Waals surface area contributed by atoms with Crippen molar-refractivity contribution in [3.63, 3.8) is 0 Å². The average Bonchev–Trinajstić information content (AvgIpc) is 2.54. The van der Waals surface area contributed by atoms with Gasteiger partial charge in [-0.15, -0.1) is 0 Å². The Hall–Kier alpha value is -0.620. The molecule has 1 N–H and O–H groups in total. The minimum Gasteiger partial charge on any atom is -0.393 e. The van der Waals surface area contributed by atoms with Gasteiger partial charge in [0, 0.05) is 13.6 Å². The molecule has 1 amide bonds. The van der Waals surface area contributed by atoms with E-state index in [-0.39, 0.29) is 23.3 Å². The molecular formula is C10H19NO4S. The summed E-state index contributed by atoms with van der Waals surface area (Å²) in [5.41, 5.74) is 0. The molecule has 0 saturated carbocycles. The summed E-state index contributed by atoms with van der Waals surface area (Å²) in [5.74, 6) is -0.413. The van der Waals surface area contributed by atoms with Gasteiger partial charge in [0.15, 0.2) is 9.84 Å². The van der Waals surface area contributed by atoms with E-state index in [1.807, 2.05) is 0 Å². The van der Waals surface area contributed by atoms with Gasteiger partial charge in [-0.1, -0.05) is 0 Å². The fourth-order valence-electron chi connectivity index (χ4n) is 1.79. The Bertz CT molecular complexity index is 350. The summed E-state index contributed by atoms with van der Waals surface area (Å²) < 4.78 is 22.4. The highest BCUT2D eigenvalue weighted by Gasteiger charge is 2.34. The van der Waals surface area contributed by atoms with Crippen LogP contribution in [0.2, 0.25) is 0 Å². The molecule has 5 nitrogen and oxygen atoms in total. The second-order valence-electron chi connectivity index (χ2n) is 4.50. The molecule has 2 atom stereocenters. The van der Waals surface area contributed by atoms with Crippen LogP contribution in [0.15, 0.2) is 0 Å². The Morgan fingerprint density at radius 3 is 2.62 bits per heavy atom. The van der Waals surface area contributed by atoms with Crippen molar-refractivity contribution in [1.29, 1.82) is 0 Å². The zero-order valence-corrected chi connectivity index (χ0v) is 10.5. The summed E-state index contributed by atoms with van der Waals surface area (Å²) >= 11 is 0. The van der Waals surface area contributed by atoms with Gasteiger partial charge in [-0.25, -0.2) is 8.42 Å². The van der Waals surface area contributed by atoms with Gasteiger partial charge in [-0.05, 0) is 19.8 Å². The Morgan fingerprint density at radius 2 is 2.19 bits per heavy atom. The first-order chi connectivity index (χ1) is 7.32. The predicted molar refractivity (Wildman–Crippen MR) is 60.7 cm³/mol. The van der Waals surface area contributed by atoms with Crippen LogP contribution >= 0.6 is 0 Å². The van der Waals surface area contributed by atoms with Crippen molar-refractivity contribution in [3.8, 4) is 0 Å². The maximum Gasteiger partial charge on any atom is 0.226 e. The van der Waals surface area contributed by atoms with Gasteiger partial charge in [0.1, 0.15) is 0 Å². The van der Waals surface area contributed by atoms with Crippen LogP contribution in [0.1, 0.15) is 19.8 Å². The molecule has 0 radical (unpaired) electrons. The number of carbonyl (C=O) groups is 1. The highest BCUT2D eigenvalue weighted by Crippen LogP contribution is 2.20. The molecule has 0 aliphatic carbocycles. The van der Waals surface area contributed by atoms with Gasteiger partial charge in [-0.2, -0.15) is 0 Å². The maximum absolute atomic E-state index is 11.8. The van der Waals surface area contributed by atoms with E-state index >= 15 is 0 Å². The normalized spacial score (nSPS) is 25.3. The highest BCUT2D eigenvalue weighted by atomic mass is 32.2. The van der Waals surface area contributed by atoms with E-state index in [2.05, 4.69) is 0 Å². The average molecular weight is 249 g/mol. The Morgan fingerprint density at radius 1 is 1.56 bits per heavy atom. The first-order valence-corrected chi connectivity index (χ1v) is 7.27. The molecule has 0 aromatic carbocycles. The van der Waals surface area contributed by atoms with E-state index in [1.54, 1.807) is 14.0 Å². The van der Waals surface area contributed by atoms with Crippen LogP contribution in [0.3, 0.4) is 0 Å². The molecule has 6 heteroatoms. The summed E-state index contributed by atoms with van der Waals surface area (Å²) in [6, 6.07) is 0. The van der Waals surface area contributed by atoms with Crippen LogP contribution in [-0.4, -0.2) is 55.5 Å². The summed E-state index contributed by atoms with van der Waals surface area (Å²) in [6.07, 6.45) is 0.504. The molecule has 0 bridgehead atoms. The molecule has 1 rings (SSSR count). The van der Waals surface area contributed by atoms with Gasteiger partial charge >= 0.3 is 0 Å². The third-order valence-electron chi connectivity index (χ3n) is 2.84. The number of hydrogen-bond donors (Lipinski definition) is 1. The number of aliphatic hydroxyl groups is 1. The first kappa shape index (κ1) is 13.4. The summed E-state index contributed by atoms with van der Waals surface area (Å²) in [6.45, 7) is 2.13. The summed E-state index contributed by atoms with van der Waals surface area (Å²) in [5, 5.41) is 9.10. The Labute approximate surface area is 96.4 Å². The molecule has 0 aromatic rings. The number of nitrogens with zero attached hydrogens (tertiary/aromatic N) is 1. The molecule has 94 valence electrons. The van der Waals surface area contributed by atoms with Crippen molar-refractivity contribution in [3.05, 3.63) is 0 Å². The number of aliphatic hydroxyl groups excluding tert-OH is 1.